The zero-order valence-electron chi connectivity index (χ0n) is 4.15. The van der Waals surface area contributed by atoms with Crippen LogP contribution in [-0.2, 0) is 0 Å². The Bertz CT molecular complexity index is 8.00. The van der Waals surface area contributed by atoms with Crippen molar-refractivity contribution in [3.05, 3.63) is 0 Å². The van der Waals surface area contributed by atoms with Gasteiger partial charge in [0, 0.05) is 13.1 Å². The summed E-state index contributed by atoms with van der Waals surface area (Å²) in [5.41, 5.74) is 14.3. The lowest BCUT2D eigenvalue weighted by Gasteiger charge is -1.72. The molecule has 0 aliphatic carbocycles. The molecule has 0 bridgehead atoms. The van der Waals surface area contributed by atoms with Crippen LogP contribution in [0.1, 0.15) is 0 Å². The first-order valence-electron chi connectivity index (χ1n) is 1.89. The molecular formula is C3H13N3. The van der Waals surface area contributed by atoms with Gasteiger partial charge in [0.15, 0.2) is 0 Å². The van der Waals surface area contributed by atoms with E-state index in [0.717, 1.165) is 0 Å². The molecule has 0 unspecified atom stereocenters. The van der Waals surface area contributed by atoms with E-state index in [1.165, 1.54) is 7.05 Å². The van der Waals surface area contributed by atoms with Crippen molar-refractivity contribution in [2.45, 2.75) is 0 Å². The highest BCUT2D eigenvalue weighted by Crippen LogP contribution is 1.24. The molecule has 0 atom stereocenters. The largest absolute Gasteiger partial charge is 0.333 e. The van der Waals surface area contributed by atoms with E-state index in [1.54, 1.807) is 0 Å². The molecule has 0 saturated heterocycles. The summed E-state index contributed by atoms with van der Waals surface area (Å²) >= 11 is 0. The van der Waals surface area contributed by atoms with Gasteiger partial charge in [-0.05, 0) is 7.05 Å². The molecule has 0 aromatic rings. The molecule has 0 aliphatic rings. The predicted molar refractivity (Wildman–Crippen MR) is 28.2 cm³/mol. The van der Waals surface area contributed by atoms with Crippen LogP contribution in [0, 0.1) is 0 Å². The van der Waals surface area contributed by atoms with Crippen LogP contribution < -0.4 is 17.2 Å². The molecule has 0 spiro atoms. The van der Waals surface area contributed by atoms with Crippen molar-refractivity contribution in [2.75, 3.05) is 20.1 Å². The molecule has 6 heavy (non-hydrogen) atoms. The minimum Gasteiger partial charge on any atom is -0.333 e. The Hall–Kier alpha value is -0.120. The lowest BCUT2D eigenvalue weighted by molar-refractivity contribution is 0.976. The lowest BCUT2D eigenvalue weighted by Crippen LogP contribution is -2.11. The van der Waals surface area contributed by atoms with Crippen LogP contribution in [0.15, 0.2) is 0 Å². The second-order valence-corrected chi connectivity index (χ2v) is 0.577. The van der Waals surface area contributed by atoms with E-state index in [2.05, 4.69) is 5.73 Å². The van der Waals surface area contributed by atoms with Crippen molar-refractivity contribution in [1.29, 1.82) is 0 Å². The number of rotatable bonds is 1. The molecule has 0 aromatic carbocycles. The van der Waals surface area contributed by atoms with Crippen LogP contribution in [0.3, 0.4) is 0 Å². The molecule has 0 fully saturated rings. The van der Waals surface area contributed by atoms with Crippen molar-refractivity contribution in [1.82, 2.24) is 0 Å². The smallest absolute Gasteiger partial charge is 0.00461 e. The normalized spacial score (nSPS) is 6.00. The first kappa shape index (κ1) is 9.30. The highest BCUT2D eigenvalue weighted by atomic mass is 14.6. The Labute approximate surface area is 38.5 Å². The molecule has 3 nitrogen and oxygen atoms in total. The maximum Gasteiger partial charge on any atom is 0.00461 e. The minimum atomic E-state index is 0.597. The summed E-state index contributed by atoms with van der Waals surface area (Å²) in [6.07, 6.45) is 0. The van der Waals surface area contributed by atoms with Gasteiger partial charge >= 0.3 is 0 Å². The summed E-state index contributed by atoms with van der Waals surface area (Å²) < 4.78 is 0. The molecule has 0 heterocycles. The van der Waals surface area contributed by atoms with E-state index < -0.39 is 0 Å². The van der Waals surface area contributed by atoms with Gasteiger partial charge in [-0.25, -0.2) is 0 Å². The van der Waals surface area contributed by atoms with Gasteiger partial charge in [0.1, 0.15) is 0 Å². The lowest BCUT2D eigenvalue weighted by atomic mass is 10.7. The average Bonchev–Trinajstić information content (AvgIpc) is 1.72. The first-order valence-corrected chi connectivity index (χ1v) is 1.89. The van der Waals surface area contributed by atoms with Crippen LogP contribution in [-0.4, -0.2) is 20.1 Å². The van der Waals surface area contributed by atoms with E-state index in [0.29, 0.717) is 13.1 Å². The Morgan fingerprint density at radius 1 is 1.00 bits per heavy atom. The van der Waals surface area contributed by atoms with Crippen molar-refractivity contribution in [2.24, 2.45) is 17.2 Å². The van der Waals surface area contributed by atoms with Gasteiger partial charge in [-0.1, -0.05) is 0 Å². The molecule has 0 aliphatic heterocycles. The molecule has 0 aromatic heterocycles. The van der Waals surface area contributed by atoms with Gasteiger partial charge in [0.25, 0.3) is 0 Å². The molecule has 0 amide bonds. The average molecular weight is 91.2 g/mol. The zero-order valence-corrected chi connectivity index (χ0v) is 4.15. The summed E-state index contributed by atoms with van der Waals surface area (Å²) in [6.45, 7) is 1.19. The maximum atomic E-state index is 4.90. The van der Waals surface area contributed by atoms with Crippen molar-refractivity contribution < 1.29 is 0 Å². The highest BCUT2D eigenvalue weighted by molar-refractivity contribution is 4.26. The monoisotopic (exact) mass is 91.1 g/mol. The SMILES string of the molecule is CN.NCCN. The Balaban J connectivity index is 0. The fourth-order valence-electron chi connectivity index (χ4n) is 0. The van der Waals surface area contributed by atoms with E-state index in [1.807, 2.05) is 0 Å². The summed E-state index contributed by atoms with van der Waals surface area (Å²) in [7, 11) is 1.50. The fourth-order valence-corrected chi connectivity index (χ4v) is 0. The molecule has 0 saturated carbocycles. The van der Waals surface area contributed by atoms with Gasteiger partial charge in [-0.3, -0.25) is 0 Å². The van der Waals surface area contributed by atoms with Crippen molar-refractivity contribution in [3.63, 3.8) is 0 Å². The van der Waals surface area contributed by atoms with Gasteiger partial charge in [-0.15, -0.1) is 0 Å². The maximum absolute atomic E-state index is 4.90. The summed E-state index contributed by atoms with van der Waals surface area (Å²) in [4.78, 5) is 0. The van der Waals surface area contributed by atoms with E-state index >= 15 is 0 Å². The third-order valence-electron chi connectivity index (χ3n) is 0.167. The Kier molecular flexibility index (Phi) is 32.2. The van der Waals surface area contributed by atoms with Crippen molar-refractivity contribution in [3.8, 4) is 0 Å². The first-order chi connectivity index (χ1) is 2.91. The summed E-state index contributed by atoms with van der Waals surface area (Å²) in [6, 6.07) is 0. The standard InChI is InChI=1S/C2H8N2.CH5N/c3-1-2-4;1-2/h1-4H2;2H2,1H3. The second kappa shape index (κ2) is 20.8. The van der Waals surface area contributed by atoms with E-state index in [9.17, 15) is 0 Å². The molecule has 3 heteroatoms. The Morgan fingerprint density at radius 3 is 1.17 bits per heavy atom. The van der Waals surface area contributed by atoms with Gasteiger partial charge in [0.05, 0.1) is 0 Å². The summed E-state index contributed by atoms with van der Waals surface area (Å²) in [5.74, 6) is 0. The zero-order chi connectivity index (χ0) is 5.41. The quantitative estimate of drug-likeness (QED) is 0.366. The molecule has 40 valence electrons. The number of hydrogen-bond acceptors (Lipinski definition) is 3. The van der Waals surface area contributed by atoms with Crippen LogP contribution in [0.2, 0.25) is 0 Å². The van der Waals surface area contributed by atoms with Crippen molar-refractivity contribution >= 4 is 0 Å². The van der Waals surface area contributed by atoms with Gasteiger partial charge < -0.3 is 17.2 Å². The van der Waals surface area contributed by atoms with Gasteiger partial charge in [0.2, 0.25) is 0 Å². The number of nitrogens with two attached hydrogens (primary N) is 3. The third-order valence-corrected chi connectivity index (χ3v) is 0.167. The van der Waals surface area contributed by atoms with E-state index in [4.69, 9.17) is 11.5 Å². The predicted octanol–water partition coefficient (Wildman–Crippen LogP) is -1.52. The van der Waals surface area contributed by atoms with Gasteiger partial charge in [-0.2, -0.15) is 0 Å². The summed E-state index contributed by atoms with van der Waals surface area (Å²) in [5, 5.41) is 0. The van der Waals surface area contributed by atoms with Crippen LogP contribution in [0.5, 0.6) is 0 Å². The van der Waals surface area contributed by atoms with Crippen LogP contribution in [0.25, 0.3) is 0 Å². The molecule has 0 radical (unpaired) electrons. The Morgan fingerprint density at radius 2 is 1.17 bits per heavy atom. The fraction of sp³-hybridized carbons (Fsp3) is 1.00. The highest BCUT2D eigenvalue weighted by Gasteiger charge is 1.54. The number of hydrogen-bond donors (Lipinski definition) is 3. The third kappa shape index (κ3) is 41.6. The molecule has 0 rings (SSSR count). The van der Waals surface area contributed by atoms with Crippen LogP contribution in [0.4, 0.5) is 0 Å². The molecule has 6 N–H and O–H groups in total. The molecular weight excluding hydrogens is 78.1 g/mol. The van der Waals surface area contributed by atoms with E-state index in [-0.39, 0.29) is 0 Å². The second-order valence-electron chi connectivity index (χ2n) is 0.577. The minimum absolute atomic E-state index is 0.597. The topological polar surface area (TPSA) is 78.1 Å². The van der Waals surface area contributed by atoms with Crippen LogP contribution >= 0.6 is 0 Å².